The van der Waals surface area contributed by atoms with Gasteiger partial charge < -0.3 is 20.1 Å². The lowest BCUT2D eigenvalue weighted by molar-refractivity contribution is -0.117. The maximum Gasteiger partial charge on any atom is 0.224 e. The molecule has 5 nitrogen and oxygen atoms in total. The summed E-state index contributed by atoms with van der Waals surface area (Å²) in [6.45, 7) is 3.14. The Bertz CT molecular complexity index is 484. The van der Waals surface area contributed by atoms with Crippen molar-refractivity contribution < 1.29 is 14.3 Å². The molecule has 0 radical (unpaired) electrons. The lowest BCUT2D eigenvalue weighted by atomic mass is 9.96. The summed E-state index contributed by atoms with van der Waals surface area (Å²) in [6, 6.07) is 5.52. The van der Waals surface area contributed by atoms with Crippen molar-refractivity contribution in [2.45, 2.75) is 19.3 Å². The number of nitrogens with one attached hydrogen (secondary N) is 2. The molecule has 1 aromatic rings. The first-order valence-electron chi connectivity index (χ1n) is 7.21. The second-order valence-corrected chi connectivity index (χ2v) is 5.32. The molecule has 3 rings (SSSR count). The molecule has 1 aromatic carbocycles. The molecule has 1 unspecified atom stereocenters. The Kier molecular flexibility index (Phi) is 4.06. The fraction of sp³-hybridized carbons (Fsp3) is 0.533. The summed E-state index contributed by atoms with van der Waals surface area (Å²) in [5, 5.41) is 6.27. The van der Waals surface area contributed by atoms with Crippen molar-refractivity contribution in [1.82, 2.24) is 5.32 Å². The number of anilines is 1. The number of amides is 1. The number of carbonyl (C=O) groups excluding carboxylic acids is 1. The number of fused-ring (bicyclic) bond motifs is 1. The first-order chi connectivity index (χ1) is 9.81. The molecule has 0 bridgehead atoms. The van der Waals surface area contributed by atoms with Gasteiger partial charge in [-0.2, -0.15) is 0 Å². The number of benzene rings is 1. The quantitative estimate of drug-likeness (QED) is 0.883. The zero-order valence-corrected chi connectivity index (χ0v) is 11.5. The molecule has 2 heterocycles. The Morgan fingerprint density at radius 3 is 2.95 bits per heavy atom. The second kappa shape index (κ2) is 6.13. The summed E-state index contributed by atoms with van der Waals surface area (Å²) in [7, 11) is 0. The van der Waals surface area contributed by atoms with E-state index in [2.05, 4.69) is 10.6 Å². The molecule has 2 aliphatic heterocycles. The summed E-state index contributed by atoms with van der Waals surface area (Å²) in [5.74, 6) is 1.95. The van der Waals surface area contributed by atoms with Crippen LogP contribution in [0.3, 0.4) is 0 Å². The number of carbonyl (C=O) groups is 1. The molecule has 1 amide bonds. The number of ether oxygens (including phenoxy) is 2. The molecule has 0 aromatic heterocycles. The molecule has 1 atom stereocenters. The Morgan fingerprint density at radius 1 is 1.30 bits per heavy atom. The van der Waals surface area contributed by atoms with Gasteiger partial charge in [0.05, 0.1) is 0 Å². The Balaban J connectivity index is 1.58. The van der Waals surface area contributed by atoms with E-state index >= 15 is 0 Å². The Hall–Kier alpha value is -1.75. The monoisotopic (exact) mass is 276 g/mol. The van der Waals surface area contributed by atoms with Gasteiger partial charge in [0.1, 0.15) is 13.2 Å². The van der Waals surface area contributed by atoms with Gasteiger partial charge in [0, 0.05) is 18.2 Å². The highest BCUT2D eigenvalue weighted by molar-refractivity contribution is 5.91. The van der Waals surface area contributed by atoms with Crippen LogP contribution in [0.15, 0.2) is 18.2 Å². The van der Waals surface area contributed by atoms with Crippen LogP contribution in [-0.2, 0) is 4.79 Å². The fourth-order valence-corrected chi connectivity index (χ4v) is 2.69. The van der Waals surface area contributed by atoms with E-state index < -0.39 is 0 Å². The maximum atomic E-state index is 12.0. The van der Waals surface area contributed by atoms with Crippen LogP contribution < -0.4 is 20.1 Å². The minimum atomic E-state index is 0.0652. The molecule has 1 fully saturated rings. The summed E-state index contributed by atoms with van der Waals surface area (Å²) in [4.78, 5) is 12.0. The van der Waals surface area contributed by atoms with Crippen LogP contribution in [0, 0.1) is 5.92 Å². The number of piperidine rings is 1. The minimum absolute atomic E-state index is 0.0652. The van der Waals surface area contributed by atoms with Gasteiger partial charge in [0.2, 0.25) is 5.91 Å². The van der Waals surface area contributed by atoms with E-state index in [0.717, 1.165) is 37.4 Å². The largest absolute Gasteiger partial charge is 0.486 e. The van der Waals surface area contributed by atoms with Crippen molar-refractivity contribution in [2.75, 3.05) is 31.6 Å². The van der Waals surface area contributed by atoms with E-state index in [9.17, 15) is 4.79 Å². The zero-order chi connectivity index (χ0) is 13.8. The summed E-state index contributed by atoms with van der Waals surface area (Å²) < 4.78 is 11.0. The SMILES string of the molecule is O=C(CC1CCCNC1)Nc1ccc2c(c1)OCCO2. The van der Waals surface area contributed by atoms with Crippen molar-refractivity contribution in [2.24, 2.45) is 5.92 Å². The smallest absolute Gasteiger partial charge is 0.224 e. The van der Waals surface area contributed by atoms with Crippen LogP contribution >= 0.6 is 0 Å². The molecule has 0 spiro atoms. The highest BCUT2D eigenvalue weighted by atomic mass is 16.6. The Morgan fingerprint density at radius 2 is 2.15 bits per heavy atom. The predicted molar refractivity (Wildman–Crippen MR) is 76.3 cm³/mol. The number of rotatable bonds is 3. The van der Waals surface area contributed by atoms with Crippen molar-refractivity contribution in [3.05, 3.63) is 18.2 Å². The van der Waals surface area contributed by atoms with Gasteiger partial charge >= 0.3 is 0 Å². The molecular formula is C15H20N2O3. The third kappa shape index (κ3) is 3.22. The minimum Gasteiger partial charge on any atom is -0.486 e. The third-order valence-corrected chi connectivity index (χ3v) is 3.70. The van der Waals surface area contributed by atoms with Gasteiger partial charge in [-0.15, -0.1) is 0 Å². The molecule has 108 valence electrons. The topological polar surface area (TPSA) is 59.6 Å². The standard InChI is InChI=1S/C15H20N2O3/c18-15(8-11-2-1-5-16-10-11)17-12-3-4-13-14(9-12)20-7-6-19-13/h3-4,9,11,16H,1-2,5-8,10H2,(H,17,18). The summed E-state index contributed by atoms with van der Waals surface area (Å²) in [6.07, 6.45) is 2.85. The van der Waals surface area contributed by atoms with E-state index in [0.29, 0.717) is 31.3 Å². The first-order valence-corrected chi connectivity index (χ1v) is 7.21. The molecule has 0 saturated carbocycles. The van der Waals surface area contributed by atoms with Crippen LogP contribution in [0.25, 0.3) is 0 Å². The van der Waals surface area contributed by atoms with E-state index in [1.165, 1.54) is 0 Å². The lowest BCUT2D eigenvalue weighted by Crippen LogP contribution is -2.32. The predicted octanol–water partition coefficient (Wildman–Crippen LogP) is 1.79. The fourth-order valence-electron chi connectivity index (χ4n) is 2.69. The lowest BCUT2D eigenvalue weighted by Gasteiger charge is -2.22. The highest BCUT2D eigenvalue weighted by Crippen LogP contribution is 2.32. The first kappa shape index (κ1) is 13.2. The number of hydrogen-bond donors (Lipinski definition) is 2. The molecule has 5 heteroatoms. The molecule has 20 heavy (non-hydrogen) atoms. The maximum absolute atomic E-state index is 12.0. The highest BCUT2D eigenvalue weighted by Gasteiger charge is 2.17. The van der Waals surface area contributed by atoms with Gasteiger partial charge in [0.25, 0.3) is 0 Å². The van der Waals surface area contributed by atoms with E-state index in [4.69, 9.17) is 9.47 Å². The molecule has 0 aliphatic carbocycles. The summed E-state index contributed by atoms with van der Waals surface area (Å²) >= 11 is 0. The van der Waals surface area contributed by atoms with Crippen molar-refractivity contribution >= 4 is 11.6 Å². The van der Waals surface area contributed by atoms with Gasteiger partial charge in [-0.25, -0.2) is 0 Å². The Labute approximate surface area is 118 Å². The van der Waals surface area contributed by atoms with Gasteiger partial charge in [-0.1, -0.05) is 0 Å². The van der Waals surface area contributed by atoms with Gasteiger partial charge in [-0.05, 0) is 44.0 Å². The van der Waals surface area contributed by atoms with Crippen molar-refractivity contribution in [1.29, 1.82) is 0 Å². The zero-order valence-electron chi connectivity index (χ0n) is 11.5. The van der Waals surface area contributed by atoms with Crippen LogP contribution in [-0.4, -0.2) is 32.2 Å². The normalized spacial score (nSPS) is 21.3. The number of hydrogen-bond acceptors (Lipinski definition) is 4. The van der Waals surface area contributed by atoms with E-state index in [-0.39, 0.29) is 5.91 Å². The average Bonchev–Trinajstić information content (AvgIpc) is 2.48. The van der Waals surface area contributed by atoms with Crippen LogP contribution in [0.2, 0.25) is 0 Å². The molecular weight excluding hydrogens is 256 g/mol. The molecule has 2 aliphatic rings. The van der Waals surface area contributed by atoms with E-state index in [1.54, 1.807) is 0 Å². The van der Waals surface area contributed by atoms with Crippen molar-refractivity contribution in [3.8, 4) is 11.5 Å². The average molecular weight is 276 g/mol. The van der Waals surface area contributed by atoms with Crippen molar-refractivity contribution in [3.63, 3.8) is 0 Å². The molecule has 1 saturated heterocycles. The van der Waals surface area contributed by atoms with Crippen LogP contribution in [0.5, 0.6) is 11.5 Å². The van der Waals surface area contributed by atoms with Gasteiger partial charge in [-0.3, -0.25) is 4.79 Å². The third-order valence-electron chi connectivity index (χ3n) is 3.70. The van der Waals surface area contributed by atoms with Crippen LogP contribution in [0.4, 0.5) is 5.69 Å². The van der Waals surface area contributed by atoms with E-state index in [1.807, 2.05) is 18.2 Å². The summed E-state index contributed by atoms with van der Waals surface area (Å²) in [5.41, 5.74) is 0.767. The molecule has 2 N–H and O–H groups in total. The second-order valence-electron chi connectivity index (χ2n) is 5.32. The van der Waals surface area contributed by atoms with Crippen LogP contribution in [0.1, 0.15) is 19.3 Å². The van der Waals surface area contributed by atoms with Gasteiger partial charge in [0.15, 0.2) is 11.5 Å².